The van der Waals surface area contributed by atoms with Crippen LogP contribution in [0.2, 0.25) is 0 Å². The van der Waals surface area contributed by atoms with Crippen LogP contribution < -0.4 is 5.73 Å². The highest BCUT2D eigenvalue weighted by atomic mass is 32.2. The molecule has 1 aliphatic heterocycles. The molecule has 5 heteroatoms. The monoisotopic (exact) mass is 310 g/mol. The molecule has 2 N–H and O–H groups in total. The van der Waals surface area contributed by atoms with Gasteiger partial charge in [-0.1, -0.05) is 19.8 Å². The van der Waals surface area contributed by atoms with Gasteiger partial charge in [0.05, 0.1) is 4.90 Å². The lowest BCUT2D eigenvalue weighted by atomic mass is 9.96. The second kappa shape index (κ2) is 6.79. The smallest absolute Gasteiger partial charge is 0.243 e. The number of sulfonamides is 1. The summed E-state index contributed by atoms with van der Waals surface area (Å²) in [5, 5.41) is 0. The Balaban J connectivity index is 2.19. The molecule has 1 aromatic carbocycles. The summed E-state index contributed by atoms with van der Waals surface area (Å²) in [7, 11) is -3.42. The number of nitrogens with zero attached hydrogens (tertiary/aromatic N) is 1. The van der Waals surface area contributed by atoms with E-state index in [4.69, 9.17) is 5.73 Å². The Hall–Kier alpha value is -1.07. The number of benzene rings is 1. The van der Waals surface area contributed by atoms with Crippen LogP contribution in [0.3, 0.4) is 0 Å². The Kier molecular flexibility index (Phi) is 5.27. The average Bonchev–Trinajstić information content (AvgIpc) is 2.64. The molecule has 2 rings (SSSR count). The van der Waals surface area contributed by atoms with Gasteiger partial charge in [0, 0.05) is 18.8 Å². The number of rotatable bonds is 4. The van der Waals surface area contributed by atoms with Crippen molar-refractivity contribution in [3.8, 4) is 0 Å². The summed E-state index contributed by atoms with van der Waals surface area (Å²) in [6.45, 7) is 5.31. The summed E-state index contributed by atoms with van der Waals surface area (Å²) in [6, 6.07) is 5.07. The Morgan fingerprint density at radius 1 is 1.24 bits per heavy atom. The van der Waals surface area contributed by atoms with Gasteiger partial charge < -0.3 is 5.73 Å². The average molecular weight is 310 g/mol. The van der Waals surface area contributed by atoms with Crippen molar-refractivity contribution in [3.63, 3.8) is 0 Å². The zero-order valence-electron chi connectivity index (χ0n) is 13.0. The molecule has 21 heavy (non-hydrogen) atoms. The van der Waals surface area contributed by atoms with Gasteiger partial charge in [0.25, 0.3) is 0 Å². The lowest BCUT2D eigenvalue weighted by Gasteiger charge is -2.21. The van der Waals surface area contributed by atoms with Crippen molar-refractivity contribution in [1.29, 1.82) is 0 Å². The third-order valence-electron chi connectivity index (χ3n) is 4.21. The molecular formula is C16H26N2O2S. The van der Waals surface area contributed by atoms with E-state index in [0.29, 0.717) is 29.6 Å². The molecule has 1 aromatic rings. The van der Waals surface area contributed by atoms with Crippen molar-refractivity contribution in [2.45, 2.75) is 50.8 Å². The molecule has 0 aliphatic carbocycles. The van der Waals surface area contributed by atoms with Gasteiger partial charge in [-0.05, 0) is 55.9 Å². The molecule has 1 aliphatic rings. The van der Waals surface area contributed by atoms with Gasteiger partial charge in [0.15, 0.2) is 0 Å². The molecule has 0 radical (unpaired) electrons. The number of aryl methyl sites for hydroxylation is 1. The van der Waals surface area contributed by atoms with Gasteiger partial charge in [-0.2, -0.15) is 4.31 Å². The van der Waals surface area contributed by atoms with E-state index in [2.05, 4.69) is 6.92 Å². The first-order chi connectivity index (χ1) is 9.93. The van der Waals surface area contributed by atoms with Crippen molar-refractivity contribution in [2.24, 2.45) is 5.92 Å². The van der Waals surface area contributed by atoms with Gasteiger partial charge in [0.1, 0.15) is 0 Å². The molecule has 1 unspecified atom stereocenters. The highest BCUT2D eigenvalue weighted by molar-refractivity contribution is 7.89. The fourth-order valence-corrected chi connectivity index (χ4v) is 4.78. The van der Waals surface area contributed by atoms with Crippen molar-refractivity contribution in [1.82, 2.24) is 4.31 Å². The van der Waals surface area contributed by atoms with E-state index >= 15 is 0 Å². The summed E-state index contributed by atoms with van der Waals surface area (Å²) in [5.41, 5.74) is 7.18. The second-order valence-corrected chi connectivity index (χ2v) is 8.01. The second-order valence-electron chi connectivity index (χ2n) is 6.07. The van der Waals surface area contributed by atoms with E-state index in [-0.39, 0.29) is 0 Å². The maximum absolute atomic E-state index is 12.8. The van der Waals surface area contributed by atoms with Crippen LogP contribution in [0.25, 0.3) is 0 Å². The van der Waals surface area contributed by atoms with Crippen molar-refractivity contribution < 1.29 is 8.42 Å². The van der Waals surface area contributed by atoms with E-state index in [1.165, 1.54) is 12.8 Å². The first kappa shape index (κ1) is 16.3. The first-order valence-electron chi connectivity index (χ1n) is 7.81. The molecule has 0 spiro atoms. The molecule has 0 bridgehead atoms. The largest absolute Gasteiger partial charge is 0.399 e. The molecular weight excluding hydrogens is 284 g/mol. The minimum absolute atomic E-state index is 0.328. The quantitative estimate of drug-likeness (QED) is 0.869. The normalized spacial score (nSPS) is 21.1. The molecule has 1 heterocycles. The van der Waals surface area contributed by atoms with Gasteiger partial charge in [0.2, 0.25) is 10.0 Å². The minimum atomic E-state index is -3.42. The highest BCUT2D eigenvalue weighted by Crippen LogP contribution is 2.27. The lowest BCUT2D eigenvalue weighted by Crippen LogP contribution is -2.32. The van der Waals surface area contributed by atoms with Crippen LogP contribution in [-0.4, -0.2) is 25.8 Å². The fourth-order valence-electron chi connectivity index (χ4n) is 3.15. The maximum atomic E-state index is 12.8. The number of nitrogen functional groups attached to an aromatic ring is 1. The SMILES string of the molecule is CCCC1CCCN(S(=O)(=O)c2cc(C)cc(N)c2)CC1. The van der Waals surface area contributed by atoms with Crippen LogP contribution >= 0.6 is 0 Å². The Morgan fingerprint density at radius 3 is 2.67 bits per heavy atom. The molecule has 4 nitrogen and oxygen atoms in total. The predicted molar refractivity (Wildman–Crippen MR) is 86.6 cm³/mol. The highest BCUT2D eigenvalue weighted by Gasteiger charge is 2.27. The van der Waals surface area contributed by atoms with Gasteiger partial charge >= 0.3 is 0 Å². The van der Waals surface area contributed by atoms with Gasteiger partial charge in [-0.3, -0.25) is 0 Å². The van der Waals surface area contributed by atoms with E-state index in [0.717, 1.165) is 24.8 Å². The number of anilines is 1. The molecule has 0 saturated carbocycles. The minimum Gasteiger partial charge on any atom is -0.399 e. The maximum Gasteiger partial charge on any atom is 0.243 e. The fraction of sp³-hybridized carbons (Fsp3) is 0.625. The van der Waals surface area contributed by atoms with Gasteiger partial charge in [-0.15, -0.1) is 0 Å². The number of hydrogen-bond acceptors (Lipinski definition) is 3. The zero-order valence-corrected chi connectivity index (χ0v) is 13.8. The van der Waals surface area contributed by atoms with Crippen molar-refractivity contribution in [3.05, 3.63) is 23.8 Å². The Bertz CT molecular complexity index is 564. The van der Waals surface area contributed by atoms with E-state index in [9.17, 15) is 8.42 Å². The van der Waals surface area contributed by atoms with Crippen LogP contribution in [0.5, 0.6) is 0 Å². The predicted octanol–water partition coefficient (Wildman–Crippen LogP) is 3.17. The standard InChI is InChI=1S/C16H26N2O2S/c1-3-5-14-6-4-8-18(9-7-14)21(19,20)16-11-13(2)10-15(17)12-16/h10-12,14H,3-9,17H2,1-2H3. The van der Waals surface area contributed by atoms with Gasteiger partial charge in [-0.25, -0.2) is 8.42 Å². The van der Waals surface area contributed by atoms with Crippen LogP contribution in [-0.2, 0) is 10.0 Å². The summed E-state index contributed by atoms with van der Waals surface area (Å²) < 4.78 is 27.2. The third kappa shape index (κ3) is 3.98. The molecule has 1 saturated heterocycles. The molecule has 0 aromatic heterocycles. The first-order valence-corrected chi connectivity index (χ1v) is 9.25. The van der Waals surface area contributed by atoms with Crippen LogP contribution in [0.15, 0.2) is 23.1 Å². The number of nitrogens with two attached hydrogens (primary N) is 1. The summed E-state index contributed by atoms with van der Waals surface area (Å²) in [6.07, 6.45) is 5.42. The molecule has 1 atom stereocenters. The van der Waals surface area contributed by atoms with Crippen LogP contribution in [0.4, 0.5) is 5.69 Å². The van der Waals surface area contributed by atoms with Crippen LogP contribution in [0, 0.1) is 12.8 Å². The topological polar surface area (TPSA) is 63.4 Å². The van der Waals surface area contributed by atoms with E-state index < -0.39 is 10.0 Å². The molecule has 0 amide bonds. The molecule has 118 valence electrons. The Labute approximate surface area is 128 Å². The van der Waals surface area contributed by atoms with E-state index in [1.807, 2.05) is 6.92 Å². The van der Waals surface area contributed by atoms with Crippen molar-refractivity contribution >= 4 is 15.7 Å². The Morgan fingerprint density at radius 2 is 2.00 bits per heavy atom. The summed E-state index contributed by atoms with van der Waals surface area (Å²) in [4.78, 5) is 0.328. The molecule has 1 fully saturated rings. The lowest BCUT2D eigenvalue weighted by molar-refractivity contribution is 0.400. The number of hydrogen-bond donors (Lipinski definition) is 1. The zero-order chi connectivity index (χ0) is 15.5. The summed E-state index contributed by atoms with van der Waals surface area (Å²) >= 11 is 0. The van der Waals surface area contributed by atoms with E-state index in [1.54, 1.807) is 22.5 Å². The summed E-state index contributed by atoms with van der Waals surface area (Å²) in [5.74, 6) is 0.665. The van der Waals surface area contributed by atoms with Crippen molar-refractivity contribution in [2.75, 3.05) is 18.8 Å². The van der Waals surface area contributed by atoms with Crippen LogP contribution in [0.1, 0.15) is 44.6 Å². The third-order valence-corrected chi connectivity index (χ3v) is 6.09.